The van der Waals surface area contributed by atoms with E-state index in [-0.39, 0.29) is 6.54 Å². The molecule has 1 aliphatic heterocycles. The minimum atomic E-state index is -4.66. The van der Waals surface area contributed by atoms with Crippen molar-refractivity contribution in [2.24, 2.45) is 11.8 Å². The molecule has 0 saturated carbocycles. The Morgan fingerprint density at radius 1 is 1.42 bits per heavy atom. The Morgan fingerprint density at radius 3 is 2.67 bits per heavy atom. The number of aliphatic carboxylic acids is 1. The molecule has 1 aromatic heterocycles. The number of rotatable bonds is 4. The van der Waals surface area contributed by atoms with Crippen LogP contribution in [0.25, 0.3) is 0 Å². The van der Waals surface area contributed by atoms with Crippen molar-refractivity contribution in [3.63, 3.8) is 0 Å². The Bertz CT molecular complexity index is 621. The predicted octanol–water partition coefficient (Wildman–Crippen LogP) is 2.05. The molecular weight excluding hydrogens is 327 g/mol. The monoisotopic (exact) mass is 345 g/mol. The fourth-order valence-electron chi connectivity index (χ4n) is 2.67. The number of carbonyl (C=O) groups excluding carboxylic acids is 1. The van der Waals surface area contributed by atoms with Crippen molar-refractivity contribution in [1.29, 1.82) is 0 Å². The highest BCUT2D eigenvalue weighted by Gasteiger charge is 2.53. The van der Waals surface area contributed by atoms with Crippen LogP contribution >= 0.6 is 0 Å². The number of amides is 2. The number of nitrogens with zero attached hydrogens (tertiary/aromatic N) is 2. The van der Waals surface area contributed by atoms with Crippen LogP contribution in [-0.2, 0) is 17.8 Å². The van der Waals surface area contributed by atoms with Crippen molar-refractivity contribution in [3.05, 3.63) is 29.6 Å². The molecule has 0 radical (unpaired) electrons. The van der Waals surface area contributed by atoms with Gasteiger partial charge in [0.1, 0.15) is 0 Å². The maximum atomic E-state index is 12.9. The smallest absolute Gasteiger partial charge is 0.394 e. The van der Waals surface area contributed by atoms with Crippen molar-refractivity contribution in [2.45, 2.75) is 26.1 Å². The van der Waals surface area contributed by atoms with E-state index < -0.39 is 43.1 Å². The number of aryl methyl sites for hydroxylation is 1. The minimum absolute atomic E-state index is 0.0671. The number of carbonyl (C=O) groups is 2. The minimum Gasteiger partial charge on any atom is -0.481 e. The molecule has 0 aliphatic carbocycles. The topological polar surface area (TPSA) is 82.5 Å². The average molecular weight is 345 g/mol. The highest BCUT2D eigenvalue weighted by Crippen LogP contribution is 2.37. The van der Waals surface area contributed by atoms with Crippen LogP contribution in [0.4, 0.5) is 18.0 Å². The molecule has 1 aliphatic rings. The van der Waals surface area contributed by atoms with Crippen LogP contribution in [0.15, 0.2) is 18.3 Å². The Labute approximate surface area is 136 Å². The average Bonchev–Trinajstić information content (AvgIpc) is 2.98. The molecule has 2 rings (SSSR count). The van der Waals surface area contributed by atoms with E-state index in [4.69, 9.17) is 5.11 Å². The third-order valence-electron chi connectivity index (χ3n) is 4.05. The van der Waals surface area contributed by atoms with Gasteiger partial charge in [0.25, 0.3) is 0 Å². The molecule has 0 bridgehead atoms. The second kappa shape index (κ2) is 7.06. The molecule has 24 heavy (non-hydrogen) atoms. The number of halogens is 3. The van der Waals surface area contributed by atoms with E-state index in [0.717, 1.165) is 16.9 Å². The summed E-state index contributed by atoms with van der Waals surface area (Å²) in [5.41, 5.74) is 1.61. The van der Waals surface area contributed by atoms with E-state index in [9.17, 15) is 22.8 Å². The first-order valence-corrected chi connectivity index (χ1v) is 7.48. The zero-order valence-electron chi connectivity index (χ0n) is 13.0. The molecule has 0 aromatic carbocycles. The number of carboxylic acids is 1. The number of nitrogens with one attached hydrogen (secondary N) is 1. The Morgan fingerprint density at radius 2 is 2.12 bits per heavy atom. The number of aromatic nitrogens is 1. The maximum Gasteiger partial charge on any atom is 0.394 e. The van der Waals surface area contributed by atoms with Gasteiger partial charge in [0, 0.05) is 19.3 Å². The first-order valence-electron chi connectivity index (χ1n) is 7.48. The molecule has 2 heterocycles. The summed E-state index contributed by atoms with van der Waals surface area (Å²) < 4.78 is 38.7. The molecular formula is C15H18F3N3O3. The zero-order chi connectivity index (χ0) is 17.9. The normalized spacial score (nSPS) is 20.9. The number of hydrogen-bond donors (Lipinski definition) is 2. The number of likely N-dealkylation sites (tertiary alicyclic amines) is 1. The number of hydrogen-bond acceptors (Lipinski definition) is 3. The lowest BCUT2D eigenvalue weighted by Gasteiger charge is -2.18. The summed E-state index contributed by atoms with van der Waals surface area (Å²) in [5.74, 6) is -5.25. The van der Waals surface area contributed by atoms with Crippen molar-refractivity contribution in [3.8, 4) is 0 Å². The van der Waals surface area contributed by atoms with Crippen LogP contribution in [0.1, 0.15) is 18.2 Å². The molecule has 0 unspecified atom stereocenters. The highest BCUT2D eigenvalue weighted by atomic mass is 19.4. The molecule has 2 amide bonds. The van der Waals surface area contributed by atoms with Crippen LogP contribution in [0, 0.1) is 11.8 Å². The molecule has 2 atom stereocenters. The number of pyridine rings is 1. The second-order valence-corrected chi connectivity index (χ2v) is 5.67. The molecule has 9 heteroatoms. The van der Waals surface area contributed by atoms with Crippen LogP contribution in [0.2, 0.25) is 0 Å². The van der Waals surface area contributed by atoms with Crippen molar-refractivity contribution in [2.75, 3.05) is 13.1 Å². The zero-order valence-corrected chi connectivity index (χ0v) is 13.0. The number of urea groups is 1. The standard InChI is InChI=1S/C15H18F3N3O3/c1-2-9-3-4-19-10(5-9)6-20-14(24)21-7-11(13(22)23)12(8-21)15(16,17)18/h3-5,11-12H,2,6-8H2,1H3,(H,20,24)(H,22,23)/t11-,12-/m1/s1. The molecule has 0 spiro atoms. The van der Waals surface area contributed by atoms with Crippen LogP contribution in [-0.4, -0.2) is 46.3 Å². The van der Waals surface area contributed by atoms with E-state index >= 15 is 0 Å². The van der Waals surface area contributed by atoms with Crippen molar-refractivity contribution < 1.29 is 27.9 Å². The van der Waals surface area contributed by atoms with E-state index in [1.54, 1.807) is 12.3 Å². The quantitative estimate of drug-likeness (QED) is 0.875. The van der Waals surface area contributed by atoms with Crippen LogP contribution in [0.3, 0.4) is 0 Å². The first kappa shape index (κ1) is 18.0. The van der Waals surface area contributed by atoms with Gasteiger partial charge in [-0.15, -0.1) is 0 Å². The fraction of sp³-hybridized carbons (Fsp3) is 0.533. The second-order valence-electron chi connectivity index (χ2n) is 5.67. The number of alkyl halides is 3. The van der Waals surface area contributed by atoms with Gasteiger partial charge in [-0.1, -0.05) is 6.92 Å². The largest absolute Gasteiger partial charge is 0.481 e. The van der Waals surface area contributed by atoms with Gasteiger partial charge in [0.2, 0.25) is 0 Å². The first-order chi connectivity index (χ1) is 11.2. The van der Waals surface area contributed by atoms with E-state index in [2.05, 4.69) is 10.3 Å². The molecule has 132 valence electrons. The fourth-order valence-corrected chi connectivity index (χ4v) is 2.67. The van der Waals surface area contributed by atoms with Gasteiger partial charge in [0.05, 0.1) is 24.1 Å². The van der Waals surface area contributed by atoms with Crippen molar-refractivity contribution in [1.82, 2.24) is 15.2 Å². The van der Waals surface area contributed by atoms with Crippen molar-refractivity contribution >= 4 is 12.0 Å². The number of carboxylic acid groups (broad SMARTS) is 1. The van der Waals surface area contributed by atoms with Gasteiger partial charge in [0.15, 0.2) is 0 Å². The van der Waals surface area contributed by atoms with E-state index in [1.165, 1.54) is 0 Å². The van der Waals surface area contributed by atoms with Gasteiger partial charge < -0.3 is 15.3 Å². The molecule has 1 aromatic rings. The summed E-state index contributed by atoms with van der Waals surface area (Å²) in [5, 5.41) is 11.4. The van der Waals surface area contributed by atoms with E-state index in [0.29, 0.717) is 5.69 Å². The third kappa shape index (κ3) is 4.15. The molecule has 2 N–H and O–H groups in total. The highest BCUT2D eigenvalue weighted by molar-refractivity contribution is 5.77. The lowest BCUT2D eigenvalue weighted by atomic mass is 9.96. The summed E-state index contributed by atoms with van der Waals surface area (Å²) in [7, 11) is 0. The maximum absolute atomic E-state index is 12.9. The van der Waals surface area contributed by atoms with Gasteiger partial charge in [-0.05, 0) is 24.1 Å². The van der Waals surface area contributed by atoms with Crippen LogP contribution in [0.5, 0.6) is 0 Å². The van der Waals surface area contributed by atoms with E-state index in [1.807, 2.05) is 13.0 Å². The summed E-state index contributed by atoms with van der Waals surface area (Å²) in [6.45, 7) is 0.908. The van der Waals surface area contributed by atoms with Gasteiger partial charge >= 0.3 is 18.2 Å². The lowest BCUT2D eigenvalue weighted by molar-refractivity contribution is -0.187. The SMILES string of the molecule is CCc1ccnc(CNC(=O)N2C[C@@H](C(F)(F)F)[C@H](C(=O)O)C2)c1. The summed E-state index contributed by atoms with van der Waals surface area (Å²) in [4.78, 5) is 28.0. The third-order valence-corrected chi connectivity index (χ3v) is 4.05. The Balaban J connectivity index is 1.98. The van der Waals surface area contributed by atoms with Gasteiger partial charge in [-0.25, -0.2) is 4.79 Å². The van der Waals surface area contributed by atoms with Crippen LogP contribution < -0.4 is 5.32 Å². The summed E-state index contributed by atoms with van der Waals surface area (Å²) in [6, 6.07) is 2.90. The summed E-state index contributed by atoms with van der Waals surface area (Å²) >= 11 is 0. The molecule has 1 saturated heterocycles. The summed E-state index contributed by atoms with van der Waals surface area (Å²) in [6.07, 6.45) is -2.27. The van der Waals surface area contributed by atoms with Gasteiger partial charge in [-0.3, -0.25) is 9.78 Å². The predicted molar refractivity (Wildman–Crippen MR) is 78.1 cm³/mol. The Kier molecular flexibility index (Phi) is 5.30. The molecule has 1 fully saturated rings. The molecule has 6 nitrogen and oxygen atoms in total. The lowest BCUT2D eigenvalue weighted by Crippen LogP contribution is -2.39. The van der Waals surface area contributed by atoms with Gasteiger partial charge in [-0.2, -0.15) is 13.2 Å². The Hall–Kier alpha value is -2.32.